The van der Waals surface area contributed by atoms with Crippen LogP contribution >= 0.6 is 23.2 Å². The first-order valence-electron chi connectivity index (χ1n) is 6.16. The molecule has 1 atom stereocenters. The lowest BCUT2D eigenvalue weighted by Gasteiger charge is -2.16. The van der Waals surface area contributed by atoms with Gasteiger partial charge in [-0.25, -0.2) is 9.97 Å². The van der Waals surface area contributed by atoms with Crippen LogP contribution in [-0.2, 0) is 0 Å². The summed E-state index contributed by atoms with van der Waals surface area (Å²) in [5, 5.41) is 4.25. The average Bonchev–Trinajstić information content (AvgIpc) is 2.44. The normalized spacial score (nSPS) is 11.2. The van der Waals surface area contributed by atoms with Crippen LogP contribution in [0.3, 0.4) is 0 Å². The highest BCUT2D eigenvalue weighted by molar-refractivity contribution is 6.32. The third kappa shape index (κ3) is 4.37. The fraction of sp³-hybridized carbons (Fsp3) is 0.286. The van der Waals surface area contributed by atoms with Crippen LogP contribution in [0.1, 0.15) is 32.4 Å². The summed E-state index contributed by atoms with van der Waals surface area (Å²) in [5.41, 5.74) is 0.996. The third-order valence-corrected chi connectivity index (χ3v) is 3.00. The number of aromatic nitrogens is 2. The van der Waals surface area contributed by atoms with Crippen molar-refractivity contribution < 1.29 is 0 Å². The van der Waals surface area contributed by atoms with Crippen LogP contribution in [0.5, 0.6) is 0 Å². The van der Waals surface area contributed by atoms with Gasteiger partial charge in [0.2, 0.25) is 0 Å². The van der Waals surface area contributed by atoms with Gasteiger partial charge in [-0.3, -0.25) is 0 Å². The Balaban J connectivity index is 0.000000861. The van der Waals surface area contributed by atoms with E-state index in [0.29, 0.717) is 16.0 Å². The molecule has 102 valence electrons. The van der Waals surface area contributed by atoms with Crippen LogP contribution in [0.25, 0.3) is 0 Å². The Hall–Kier alpha value is -1.32. The molecule has 1 unspecified atom stereocenters. The first-order valence-corrected chi connectivity index (χ1v) is 6.91. The Morgan fingerprint density at radius 3 is 2.32 bits per heavy atom. The van der Waals surface area contributed by atoms with Gasteiger partial charge in [-0.1, -0.05) is 55.2 Å². The summed E-state index contributed by atoms with van der Waals surface area (Å²) < 4.78 is 0. The summed E-state index contributed by atoms with van der Waals surface area (Å²) in [4.78, 5) is 8.08. The molecule has 1 aromatic heterocycles. The van der Waals surface area contributed by atoms with E-state index in [0.717, 1.165) is 5.56 Å². The lowest BCUT2D eigenvalue weighted by atomic mass is 10.1. The van der Waals surface area contributed by atoms with Crippen molar-refractivity contribution >= 4 is 29.0 Å². The van der Waals surface area contributed by atoms with E-state index in [-0.39, 0.29) is 6.04 Å². The zero-order chi connectivity index (χ0) is 14.3. The Bertz CT molecular complexity index is 518. The lowest BCUT2D eigenvalue weighted by molar-refractivity contribution is 0.872. The monoisotopic (exact) mass is 297 g/mol. The molecule has 3 nitrogen and oxygen atoms in total. The third-order valence-electron chi connectivity index (χ3n) is 2.38. The van der Waals surface area contributed by atoms with Gasteiger partial charge in [0.1, 0.15) is 0 Å². The molecule has 2 rings (SSSR count). The molecule has 0 aliphatic carbocycles. The smallest absolute Gasteiger partial charge is 0.171 e. The standard InChI is InChI=1S/C12H11Cl2N3.C2H6/c1-8(9-4-2-3-5-10(9)13)17-12-11(14)15-6-7-16-12;1-2/h2-8H,1H3,(H,16,17);1-2H3. The van der Waals surface area contributed by atoms with Crippen LogP contribution in [0.2, 0.25) is 10.2 Å². The van der Waals surface area contributed by atoms with Gasteiger partial charge in [-0.05, 0) is 18.6 Å². The molecule has 2 aromatic rings. The number of hydrogen-bond donors (Lipinski definition) is 1. The SMILES string of the molecule is CC.CC(Nc1nccnc1Cl)c1ccccc1Cl. The molecule has 0 saturated carbocycles. The van der Waals surface area contributed by atoms with Crippen molar-refractivity contribution in [1.29, 1.82) is 0 Å². The first-order chi connectivity index (χ1) is 9.18. The molecule has 0 radical (unpaired) electrons. The zero-order valence-corrected chi connectivity index (χ0v) is 12.7. The molecule has 0 aliphatic rings. The van der Waals surface area contributed by atoms with Gasteiger partial charge in [0.15, 0.2) is 11.0 Å². The molecule has 1 heterocycles. The van der Waals surface area contributed by atoms with Gasteiger partial charge in [-0.15, -0.1) is 0 Å². The molecule has 19 heavy (non-hydrogen) atoms. The van der Waals surface area contributed by atoms with Gasteiger partial charge in [0, 0.05) is 17.4 Å². The summed E-state index contributed by atoms with van der Waals surface area (Å²) in [5.74, 6) is 0.557. The van der Waals surface area contributed by atoms with E-state index < -0.39 is 0 Å². The van der Waals surface area contributed by atoms with Crippen LogP contribution in [0, 0.1) is 0 Å². The summed E-state index contributed by atoms with van der Waals surface area (Å²) in [6.45, 7) is 5.99. The summed E-state index contributed by atoms with van der Waals surface area (Å²) in [7, 11) is 0. The van der Waals surface area contributed by atoms with E-state index in [1.807, 2.05) is 45.0 Å². The van der Waals surface area contributed by atoms with Crippen molar-refractivity contribution in [2.45, 2.75) is 26.8 Å². The van der Waals surface area contributed by atoms with Crippen LogP contribution in [0.15, 0.2) is 36.7 Å². The number of hydrogen-bond acceptors (Lipinski definition) is 3. The number of halogens is 2. The number of nitrogens with zero attached hydrogens (tertiary/aromatic N) is 2. The van der Waals surface area contributed by atoms with E-state index in [1.54, 1.807) is 12.4 Å². The second kappa shape index (κ2) is 7.97. The van der Waals surface area contributed by atoms with E-state index in [9.17, 15) is 0 Å². The van der Waals surface area contributed by atoms with Crippen molar-refractivity contribution in [3.05, 3.63) is 52.4 Å². The van der Waals surface area contributed by atoms with Crippen LogP contribution in [-0.4, -0.2) is 9.97 Å². The van der Waals surface area contributed by atoms with E-state index >= 15 is 0 Å². The van der Waals surface area contributed by atoms with Crippen molar-refractivity contribution in [2.24, 2.45) is 0 Å². The molecular formula is C14H17Cl2N3. The lowest BCUT2D eigenvalue weighted by Crippen LogP contribution is -2.09. The highest BCUT2D eigenvalue weighted by Gasteiger charge is 2.11. The van der Waals surface area contributed by atoms with Crippen molar-refractivity contribution in [3.8, 4) is 0 Å². The van der Waals surface area contributed by atoms with E-state index in [1.165, 1.54) is 0 Å². The topological polar surface area (TPSA) is 37.8 Å². The number of nitrogens with one attached hydrogen (secondary N) is 1. The Kier molecular flexibility index (Phi) is 6.60. The fourth-order valence-corrected chi connectivity index (χ4v) is 1.99. The van der Waals surface area contributed by atoms with Gasteiger partial charge in [0.05, 0.1) is 6.04 Å². The minimum Gasteiger partial charge on any atom is -0.361 e. The molecule has 0 saturated heterocycles. The minimum absolute atomic E-state index is 0.0119. The Morgan fingerprint density at radius 2 is 1.68 bits per heavy atom. The van der Waals surface area contributed by atoms with Crippen molar-refractivity contribution in [1.82, 2.24) is 9.97 Å². The Labute approximate surface area is 124 Å². The first kappa shape index (κ1) is 15.7. The summed E-state index contributed by atoms with van der Waals surface area (Å²) in [6, 6.07) is 7.67. The van der Waals surface area contributed by atoms with Gasteiger partial charge >= 0.3 is 0 Å². The molecule has 0 spiro atoms. The van der Waals surface area contributed by atoms with Gasteiger partial charge < -0.3 is 5.32 Å². The molecule has 0 amide bonds. The molecule has 1 N–H and O–H groups in total. The molecule has 0 aliphatic heterocycles. The largest absolute Gasteiger partial charge is 0.361 e. The van der Waals surface area contributed by atoms with Crippen molar-refractivity contribution in [3.63, 3.8) is 0 Å². The number of benzene rings is 1. The fourth-order valence-electron chi connectivity index (χ4n) is 1.53. The second-order valence-electron chi connectivity index (χ2n) is 3.58. The maximum absolute atomic E-state index is 6.12. The predicted octanol–water partition coefficient (Wildman–Crippen LogP) is 4.98. The van der Waals surface area contributed by atoms with Gasteiger partial charge in [-0.2, -0.15) is 0 Å². The number of rotatable bonds is 3. The van der Waals surface area contributed by atoms with Crippen molar-refractivity contribution in [2.75, 3.05) is 5.32 Å². The second-order valence-corrected chi connectivity index (χ2v) is 4.35. The summed E-state index contributed by atoms with van der Waals surface area (Å²) in [6.07, 6.45) is 3.14. The summed E-state index contributed by atoms with van der Waals surface area (Å²) >= 11 is 12.0. The predicted molar refractivity (Wildman–Crippen MR) is 81.9 cm³/mol. The van der Waals surface area contributed by atoms with Gasteiger partial charge in [0.25, 0.3) is 0 Å². The quantitative estimate of drug-likeness (QED) is 0.868. The van der Waals surface area contributed by atoms with Crippen LogP contribution in [0.4, 0.5) is 5.82 Å². The molecule has 0 bridgehead atoms. The molecular weight excluding hydrogens is 281 g/mol. The Morgan fingerprint density at radius 1 is 1.05 bits per heavy atom. The van der Waals surface area contributed by atoms with E-state index in [2.05, 4.69) is 15.3 Å². The molecule has 5 heteroatoms. The van der Waals surface area contributed by atoms with Crippen LogP contribution < -0.4 is 5.32 Å². The maximum Gasteiger partial charge on any atom is 0.171 e. The highest BCUT2D eigenvalue weighted by atomic mass is 35.5. The number of anilines is 1. The molecule has 0 fully saturated rings. The highest BCUT2D eigenvalue weighted by Crippen LogP contribution is 2.26. The zero-order valence-electron chi connectivity index (χ0n) is 11.2. The van der Waals surface area contributed by atoms with E-state index in [4.69, 9.17) is 23.2 Å². The minimum atomic E-state index is 0.0119. The maximum atomic E-state index is 6.12. The molecule has 1 aromatic carbocycles. The average molecular weight is 298 g/mol.